The number of hydrogen-bond donors (Lipinski definition) is 0. The van der Waals surface area contributed by atoms with Crippen molar-refractivity contribution in [1.29, 1.82) is 0 Å². The molecule has 0 saturated heterocycles. The van der Waals surface area contributed by atoms with Gasteiger partial charge in [0.05, 0.1) is 11.6 Å². The van der Waals surface area contributed by atoms with Crippen molar-refractivity contribution in [2.45, 2.75) is 19.8 Å². The van der Waals surface area contributed by atoms with E-state index >= 15 is 0 Å². The Morgan fingerprint density at radius 3 is 3.07 bits per heavy atom. The summed E-state index contributed by atoms with van der Waals surface area (Å²) < 4.78 is 13.4. The first-order valence-electron chi connectivity index (χ1n) is 5.09. The van der Waals surface area contributed by atoms with Crippen molar-refractivity contribution >= 4 is 11.5 Å². The molecule has 2 aliphatic rings. The van der Waals surface area contributed by atoms with Crippen molar-refractivity contribution in [3.05, 3.63) is 35.8 Å². The number of nitrogens with zero attached hydrogens (tertiary/aromatic N) is 1. The van der Waals surface area contributed by atoms with Crippen LogP contribution in [-0.4, -0.2) is 11.5 Å². The quantitative estimate of drug-likeness (QED) is 0.681. The first-order valence-corrected chi connectivity index (χ1v) is 5.09. The number of fused-ring (bicyclic) bond motifs is 1. The maximum absolute atomic E-state index is 13.4. The van der Waals surface area contributed by atoms with E-state index in [0.717, 1.165) is 12.8 Å². The Kier molecular flexibility index (Phi) is 2.62. The minimum absolute atomic E-state index is 0.0667. The van der Waals surface area contributed by atoms with Crippen LogP contribution < -0.4 is 0 Å². The Bertz CT molecular complexity index is 415. The average Bonchev–Trinajstić information content (AvgIpc) is 2.20. The van der Waals surface area contributed by atoms with Crippen LogP contribution in [0.4, 0.5) is 4.39 Å². The molecule has 0 saturated carbocycles. The van der Waals surface area contributed by atoms with Crippen molar-refractivity contribution in [2.75, 3.05) is 0 Å². The zero-order chi connectivity index (χ0) is 10.8. The van der Waals surface area contributed by atoms with Crippen LogP contribution in [0.25, 0.3) is 0 Å². The van der Waals surface area contributed by atoms with E-state index in [2.05, 4.69) is 4.99 Å². The van der Waals surface area contributed by atoms with Gasteiger partial charge in [0, 0.05) is 11.8 Å². The van der Waals surface area contributed by atoms with Gasteiger partial charge in [-0.1, -0.05) is 25.5 Å². The Morgan fingerprint density at radius 1 is 1.53 bits per heavy atom. The number of hydrogen-bond acceptors (Lipinski definition) is 2. The monoisotopic (exact) mass is 205 g/mol. The highest BCUT2D eigenvalue weighted by molar-refractivity contribution is 6.19. The number of allylic oxidation sites excluding steroid dienone is 6. The van der Waals surface area contributed by atoms with Crippen molar-refractivity contribution in [3.8, 4) is 0 Å². The SMILES string of the molecule is CCCC1=CC(=O)C2C=CC=C(F)C2=N1. The van der Waals surface area contributed by atoms with Gasteiger partial charge in [-0.25, -0.2) is 4.39 Å². The molecule has 78 valence electrons. The molecule has 0 amide bonds. The fraction of sp³-hybridized carbons (Fsp3) is 0.333. The van der Waals surface area contributed by atoms with Gasteiger partial charge in [0.2, 0.25) is 0 Å². The molecule has 0 spiro atoms. The summed E-state index contributed by atoms with van der Waals surface area (Å²) in [6, 6.07) is 0. The molecule has 0 aromatic rings. The molecular weight excluding hydrogens is 193 g/mol. The minimum atomic E-state index is -0.504. The molecule has 1 aliphatic carbocycles. The van der Waals surface area contributed by atoms with Gasteiger partial charge in [-0.3, -0.25) is 9.79 Å². The van der Waals surface area contributed by atoms with Crippen LogP contribution in [0.5, 0.6) is 0 Å². The van der Waals surface area contributed by atoms with Gasteiger partial charge in [-0.05, 0) is 12.5 Å². The van der Waals surface area contributed by atoms with Crippen LogP contribution in [-0.2, 0) is 4.79 Å². The van der Waals surface area contributed by atoms with Gasteiger partial charge in [-0.2, -0.15) is 0 Å². The second-order valence-corrected chi connectivity index (χ2v) is 3.66. The van der Waals surface area contributed by atoms with Crippen molar-refractivity contribution in [2.24, 2.45) is 10.9 Å². The number of carbonyl (C=O) groups excluding carboxylic acids is 1. The Hall–Kier alpha value is -1.51. The summed E-state index contributed by atoms with van der Waals surface area (Å²) in [6.07, 6.45) is 7.75. The smallest absolute Gasteiger partial charge is 0.170 e. The van der Waals surface area contributed by atoms with Gasteiger partial charge in [0.15, 0.2) is 5.78 Å². The Labute approximate surface area is 87.9 Å². The van der Waals surface area contributed by atoms with E-state index < -0.39 is 11.7 Å². The summed E-state index contributed by atoms with van der Waals surface area (Å²) in [6.45, 7) is 2.00. The lowest BCUT2D eigenvalue weighted by atomic mass is 9.90. The molecule has 0 aromatic heterocycles. The number of carbonyl (C=O) groups is 1. The van der Waals surface area contributed by atoms with Gasteiger partial charge in [-0.15, -0.1) is 0 Å². The highest BCUT2D eigenvalue weighted by atomic mass is 19.1. The fourth-order valence-electron chi connectivity index (χ4n) is 1.75. The van der Waals surface area contributed by atoms with Gasteiger partial charge in [0.1, 0.15) is 5.83 Å². The summed E-state index contributed by atoms with van der Waals surface area (Å²) in [7, 11) is 0. The molecule has 1 heterocycles. The largest absolute Gasteiger partial charge is 0.294 e. The van der Waals surface area contributed by atoms with Gasteiger partial charge >= 0.3 is 0 Å². The molecule has 1 atom stereocenters. The average molecular weight is 205 g/mol. The molecule has 3 heteroatoms. The van der Waals surface area contributed by atoms with Crippen LogP contribution in [0.3, 0.4) is 0 Å². The van der Waals surface area contributed by atoms with Crippen molar-refractivity contribution in [1.82, 2.24) is 0 Å². The molecule has 0 fully saturated rings. The fourth-order valence-corrected chi connectivity index (χ4v) is 1.75. The third kappa shape index (κ3) is 1.82. The van der Waals surface area contributed by atoms with Gasteiger partial charge in [0.25, 0.3) is 0 Å². The predicted octanol–water partition coefficient (Wildman–Crippen LogP) is 2.73. The third-order valence-electron chi connectivity index (χ3n) is 2.47. The number of aliphatic imine (C=N–C) groups is 1. The summed E-state index contributed by atoms with van der Waals surface area (Å²) in [4.78, 5) is 15.8. The predicted molar refractivity (Wildman–Crippen MR) is 57.3 cm³/mol. The molecule has 0 aromatic carbocycles. The Morgan fingerprint density at radius 2 is 2.33 bits per heavy atom. The lowest BCUT2D eigenvalue weighted by Crippen LogP contribution is -2.26. The van der Waals surface area contributed by atoms with E-state index in [1.54, 1.807) is 12.2 Å². The maximum Gasteiger partial charge on any atom is 0.170 e. The zero-order valence-corrected chi connectivity index (χ0v) is 8.53. The zero-order valence-electron chi connectivity index (χ0n) is 8.53. The summed E-state index contributed by atoms with van der Waals surface area (Å²) in [5.41, 5.74) is 0.959. The third-order valence-corrected chi connectivity index (χ3v) is 2.47. The van der Waals surface area contributed by atoms with E-state index in [9.17, 15) is 9.18 Å². The van der Waals surface area contributed by atoms with E-state index in [-0.39, 0.29) is 11.5 Å². The highest BCUT2D eigenvalue weighted by Crippen LogP contribution is 2.25. The molecule has 0 N–H and O–H groups in total. The maximum atomic E-state index is 13.4. The van der Waals surface area contributed by atoms with Crippen LogP contribution in [0, 0.1) is 5.92 Å². The second kappa shape index (κ2) is 3.93. The number of rotatable bonds is 2. The molecule has 2 nitrogen and oxygen atoms in total. The van der Waals surface area contributed by atoms with Crippen molar-refractivity contribution < 1.29 is 9.18 Å². The van der Waals surface area contributed by atoms with Crippen LogP contribution in [0.1, 0.15) is 19.8 Å². The first-order chi connectivity index (χ1) is 7.22. The van der Waals surface area contributed by atoms with Gasteiger partial charge < -0.3 is 0 Å². The summed E-state index contributed by atoms with van der Waals surface area (Å²) in [5.74, 6) is -0.962. The normalized spacial score (nSPS) is 24.3. The summed E-state index contributed by atoms with van der Waals surface area (Å²) in [5, 5.41) is 0. The van der Waals surface area contributed by atoms with E-state index in [4.69, 9.17) is 0 Å². The summed E-state index contributed by atoms with van der Waals surface area (Å²) >= 11 is 0. The van der Waals surface area contributed by atoms with Crippen molar-refractivity contribution in [3.63, 3.8) is 0 Å². The van der Waals surface area contributed by atoms with Crippen LogP contribution in [0.2, 0.25) is 0 Å². The molecule has 0 radical (unpaired) electrons. The van der Waals surface area contributed by atoms with Crippen LogP contribution in [0.15, 0.2) is 40.8 Å². The number of ketones is 1. The molecular formula is C12H12FNO. The lowest BCUT2D eigenvalue weighted by molar-refractivity contribution is -0.115. The van der Waals surface area contributed by atoms with Crippen LogP contribution >= 0.6 is 0 Å². The highest BCUT2D eigenvalue weighted by Gasteiger charge is 2.28. The minimum Gasteiger partial charge on any atom is -0.294 e. The standard InChI is InChI=1S/C12H12FNO/c1-2-4-8-7-11(15)9-5-3-6-10(13)12(9)14-8/h3,5-7,9H,2,4H2,1H3. The second-order valence-electron chi connectivity index (χ2n) is 3.66. The molecule has 0 bridgehead atoms. The Balaban J connectivity index is 2.35. The topological polar surface area (TPSA) is 29.4 Å². The van der Waals surface area contributed by atoms with E-state index in [1.807, 2.05) is 6.92 Å². The first kappa shape index (κ1) is 10.0. The molecule has 1 unspecified atom stereocenters. The van der Waals surface area contributed by atoms with E-state index in [1.165, 1.54) is 12.2 Å². The molecule has 15 heavy (non-hydrogen) atoms. The lowest BCUT2D eigenvalue weighted by Gasteiger charge is -2.19. The molecule has 1 aliphatic heterocycles. The molecule has 2 rings (SSSR count). The number of halogens is 1. The van der Waals surface area contributed by atoms with E-state index in [0.29, 0.717) is 5.70 Å².